The zero-order chi connectivity index (χ0) is 14.7. The molecule has 118 valence electrons. The fourth-order valence-corrected chi connectivity index (χ4v) is 2.26. The molecule has 2 rings (SSSR count). The Morgan fingerprint density at radius 2 is 2.19 bits per heavy atom. The van der Waals surface area contributed by atoms with E-state index < -0.39 is 6.10 Å². The Balaban J connectivity index is 0.00000220. The fraction of sp³-hybridized carbons (Fsp3) is 0.533. The van der Waals surface area contributed by atoms with Gasteiger partial charge < -0.3 is 20.5 Å². The van der Waals surface area contributed by atoms with Crippen LogP contribution in [0, 0.1) is 6.92 Å². The largest absolute Gasteiger partial charge is 0.491 e. The van der Waals surface area contributed by atoms with Gasteiger partial charge in [0.25, 0.3) is 0 Å². The van der Waals surface area contributed by atoms with Crippen LogP contribution >= 0.6 is 12.4 Å². The van der Waals surface area contributed by atoms with Crippen molar-refractivity contribution in [2.75, 3.05) is 11.9 Å². The first kappa shape index (κ1) is 17.8. The summed E-state index contributed by atoms with van der Waals surface area (Å²) < 4.78 is 5.66. The number of rotatable bonds is 4. The zero-order valence-corrected chi connectivity index (χ0v) is 13.4. The average molecular weight is 315 g/mol. The quantitative estimate of drug-likeness (QED) is 0.793. The minimum Gasteiger partial charge on any atom is -0.491 e. The second-order valence-electron chi connectivity index (χ2n) is 5.49. The number of halogens is 1. The van der Waals surface area contributed by atoms with Crippen LogP contribution in [0.5, 0.6) is 5.75 Å². The van der Waals surface area contributed by atoms with E-state index in [1.54, 1.807) is 0 Å². The normalized spacial score (nSPS) is 21.0. The van der Waals surface area contributed by atoms with Crippen molar-refractivity contribution in [2.45, 2.75) is 45.4 Å². The summed E-state index contributed by atoms with van der Waals surface area (Å²) in [6, 6.07) is 5.26. The summed E-state index contributed by atoms with van der Waals surface area (Å²) in [6.07, 6.45) is 0.145. The Hall–Kier alpha value is -1.30. The van der Waals surface area contributed by atoms with Gasteiger partial charge in [0.1, 0.15) is 5.75 Å². The van der Waals surface area contributed by atoms with Crippen LogP contribution < -0.4 is 15.4 Å². The lowest BCUT2D eigenvalue weighted by Crippen LogP contribution is -2.35. The maximum absolute atomic E-state index is 12.0. The van der Waals surface area contributed by atoms with Crippen molar-refractivity contribution in [2.24, 2.45) is 0 Å². The third-order valence-corrected chi connectivity index (χ3v) is 3.23. The molecule has 1 saturated heterocycles. The van der Waals surface area contributed by atoms with E-state index in [4.69, 9.17) is 4.74 Å². The van der Waals surface area contributed by atoms with Gasteiger partial charge in [-0.25, -0.2) is 0 Å². The molecular formula is C15H23ClN2O3. The van der Waals surface area contributed by atoms with Crippen LogP contribution in [0.25, 0.3) is 0 Å². The van der Waals surface area contributed by atoms with Gasteiger partial charge in [0.2, 0.25) is 5.91 Å². The number of hydrogen-bond donors (Lipinski definition) is 3. The minimum absolute atomic E-state index is 0. The minimum atomic E-state index is -0.436. The Kier molecular flexibility index (Phi) is 6.45. The topological polar surface area (TPSA) is 70.6 Å². The zero-order valence-electron chi connectivity index (χ0n) is 12.6. The van der Waals surface area contributed by atoms with Gasteiger partial charge in [-0.05, 0) is 51.0 Å². The molecule has 1 aromatic rings. The van der Waals surface area contributed by atoms with Crippen LogP contribution in [0.1, 0.15) is 25.8 Å². The van der Waals surface area contributed by atoms with E-state index in [1.165, 1.54) is 0 Å². The van der Waals surface area contributed by atoms with Gasteiger partial charge in [-0.15, -0.1) is 12.4 Å². The Bertz CT molecular complexity index is 494. The van der Waals surface area contributed by atoms with E-state index in [-0.39, 0.29) is 30.5 Å². The molecule has 1 fully saturated rings. The Morgan fingerprint density at radius 1 is 1.48 bits per heavy atom. The first-order valence-corrected chi connectivity index (χ1v) is 6.95. The first-order chi connectivity index (χ1) is 9.45. The van der Waals surface area contributed by atoms with Crippen LogP contribution in [0.2, 0.25) is 0 Å². The molecule has 1 aliphatic heterocycles. The molecule has 2 atom stereocenters. The fourth-order valence-electron chi connectivity index (χ4n) is 2.26. The van der Waals surface area contributed by atoms with E-state index in [9.17, 15) is 9.90 Å². The van der Waals surface area contributed by atoms with Crippen LogP contribution in [-0.4, -0.2) is 35.8 Å². The van der Waals surface area contributed by atoms with E-state index in [0.29, 0.717) is 13.0 Å². The molecular weight excluding hydrogens is 292 g/mol. The number of nitrogens with one attached hydrogen (secondary N) is 2. The summed E-state index contributed by atoms with van der Waals surface area (Å²) >= 11 is 0. The van der Waals surface area contributed by atoms with Gasteiger partial charge in [0.15, 0.2) is 0 Å². The number of carbonyl (C=O) groups is 1. The molecule has 0 aliphatic carbocycles. The molecule has 6 heteroatoms. The van der Waals surface area contributed by atoms with Crippen molar-refractivity contribution in [1.29, 1.82) is 0 Å². The number of aliphatic hydroxyl groups excluding tert-OH is 1. The van der Waals surface area contributed by atoms with Gasteiger partial charge in [-0.3, -0.25) is 4.79 Å². The van der Waals surface area contributed by atoms with Gasteiger partial charge in [0.05, 0.1) is 18.2 Å². The Labute approximate surface area is 131 Å². The lowest BCUT2D eigenvalue weighted by molar-refractivity contribution is -0.117. The van der Waals surface area contributed by atoms with Crippen molar-refractivity contribution >= 4 is 24.0 Å². The molecule has 0 saturated carbocycles. The van der Waals surface area contributed by atoms with Crippen LogP contribution in [0.4, 0.5) is 5.69 Å². The molecule has 0 aromatic heterocycles. The van der Waals surface area contributed by atoms with Crippen molar-refractivity contribution in [3.05, 3.63) is 23.8 Å². The SMILES string of the molecule is Cc1cc(NC(=O)C2CC(O)CN2)ccc1OC(C)C.Cl. The maximum Gasteiger partial charge on any atom is 0.241 e. The van der Waals surface area contributed by atoms with Crippen LogP contribution in [0.15, 0.2) is 18.2 Å². The number of β-amino-alcohol motifs (C(OH)–C–C–N with tert-alkyl or cyclic N) is 1. The highest BCUT2D eigenvalue weighted by molar-refractivity contribution is 5.95. The summed E-state index contributed by atoms with van der Waals surface area (Å²) in [5.41, 5.74) is 1.72. The molecule has 1 heterocycles. The molecule has 1 aliphatic rings. The molecule has 0 spiro atoms. The highest BCUT2D eigenvalue weighted by Gasteiger charge is 2.27. The van der Waals surface area contributed by atoms with E-state index >= 15 is 0 Å². The van der Waals surface area contributed by atoms with Gasteiger partial charge in [-0.1, -0.05) is 0 Å². The number of aryl methyl sites for hydroxylation is 1. The molecule has 3 N–H and O–H groups in total. The van der Waals surface area contributed by atoms with Crippen molar-refractivity contribution in [3.63, 3.8) is 0 Å². The highest BCUT2D eigenvalue weighted by atomic mass is 35.5. The third-order valence-electron chi connectivity index (χ3n) is 3.23. The molecule has 21 heavy (non-hydrogen) atoms. The summed E-state index contributed by atoms with van der Waals surface area (Å²) in [5.74, 6) is 0.714. The number of benzene rings is 1. The van der Waals surface area contributed by atoms with Crippen LogP contribution in [0.3, 0.4) is 0 Å². The average Bonchev–Trinajstić information content (AvgIpc) is 2.79. The monoisotopic (exact) mass is 314 g/mol. The summed E-state index contributed by atoms with van der Waals surface area (Å²) in [5, 5.41) is 15.3. The predicted molar refractivity (Wildman–Crippen MR) is 85.2 cm³/mol. The predicted octanol–water partition coefficient (Wildman–Crippen LogP) is 1.87. The smallest absolute Gasteiger partial charge is 0.241 e. The van der Waals surface area contributed by atoms with E-state index in [2.05, 4.69) is 10.6 Å². The lowest BCUT2D eigenvalue weighted by Gasteiger charge is -2.15. The Morgan fingerprint density at radius 3 is 2.71 bits per heavy atom. The van der Waals surface area contributed by atoms with E-state index in [1.807, 2.05) is 39.0 Å². The highest BCUT2D eigenvalue weighted by Crippen LogP contribution is 2.23. The number of anilines is 1. The van der Waals surface area contributed by atoms with Gasteiger partial charge >= 0.3 is 0 Å². The molecule has 1 amide bonds. The van der Waals surface area contributed by atoms with Gasteiger partial charge in [-0.2, -0.15) is 0 Å². The van der Waals surface area contributed by atoms with E-state index in [0.717, 1.165) is 17.0 Å². The molecule has 0 radical (unpaired) electrons. The third kappa shape index (κ3) is 4.88. The summed E-state index contributed by atoms with van der Waals surface area (Å²) in [6.45, 7) is 6.38. The number of hydrogen-bond acceptors (Lipinski definition) is 4. The van der Waals surface area contributed by atoms with Crippen molar-refractivity contribution in [3.8, 4) is 5.75 Å². The molecule has 5 nitrogen and oxygen atoms in total. The van der Waals surface area contributed by atoms with Crippen LogP contribution in [-0.2, 0) is 4.79 Å². The molecule has 0 bridgehead atoms. The number of amides is 1. The maximum atomic E-state index is 12.0. The standard InChI is InChI=1S/C15H22N2O3.ClH/c1-9(2)20-14-5-4-11(6-10(14)3)17-15(19)13-7-12(18)8-16-13;/h4-6,9,12-13,16,18H,7-8H2,1-3H3,(H,17,19);1H. The number of ether oxygens (including phenoxy) is 1. The van der Waals surface area contributed by atoms with Crippen molar-refractivity contribution in [1.82, 2.24) is 5.32 Å². The summed E-state index contributed by atoms with van der Waals surface area (Å²) in [4.78, 5) is 12.0. The molecule has 1 aromatic carbocycles. The number of carbonyl (C=O) groups excluding carboxylic acids is 1. The second kappa shape index (κ2) is 7.64. The summed E-state index contributed by atoms with van der Waals surface area (Å²) in [7, 11) is 0. The van der Waals surface area contributed by atoms with Gasteiger partial charge in [0, 0.05) is 12.2 Å². The van der Waals surface area contributed by atoms with Crippen molar-refractivity contribution < 1.29 is 14.6 Å². The second-order valence-corrected chi connectivity index (χ2v) is 5.49. The molecule has 2 unspecified atom stereocenters. The number of aliphatic hydroxyl groups is 1. The first-order valence-electron chi connectivity index (χ1n) is 6.95. The lowest BCUT2D eigenvalue weighted by atomic mass is 10.1.